The molecule has 0 saturated carbocycles. The zero-order chi connectivity index (χ0) is 12.3. The molecule has 90 valence electrons. The molecule has 1 aromatic carbocycles. The molecule has 0 saturated heterocycles. The predicted molar refractivity (Wildman–Crippen MR) is 69.5 cm³/mol. The van der Waals surface area contributed by atoms with Gasteiger partial charge in [0.05, 0.1) is 6.10 Å². The van der Waals surface area contributed by atoms with E-state index in [1.54, 1.807) is 0 Å². The van der Waals surface area contributed by atoms with Crippen LogP contribution in [0.4, 0.5) is 0 Å². The van der Waals surface area contributed by atoms with Gasteiger partial charge in [-0.05, 0) is 19.4 Å². The van der Waals surface area contributed by atoms with E-state index >= 15 is 0 Å². The molecule has 0 radical (unpaired) electrons. The van der Waals surface area contributed by atoms with Crippen molar-refractivity contribution in [2.24, 2.45) is 0 Å². The fraction of sp³-hybridized carbons (Fsp3) is 0.385. The van der Waals surface area contributed by atoms with Crippen molar-refractivity contribution in [3.63, 3.8) is 0 Å². The number of aromatic nitrogens is 2. The molecular formula is C13H15ClN2O. The quantitative estimate of drug-likeness (QED) is 0.827. The number of halogens is 1. The van der Waals surface area contributed by atoms with Gasteiger partial charge in [0.15, 0.2) is 5.15 Å². The molecule has 2 aromatic rings. The second-order valence-electron chi connectivity index (χ2n) is 4.06. The van der Waals surface area contributed by atoms with Crippen molar-refractivity contribution in [2.75, 3.05) is 0 Å². The molecule has 1 aromatic heterocycles. The van der Waals surface area contributed by atoms with Gasteiger partial charge >= 0.3 is 0 Å². The fourth-order valence-corrected chi connectivity index (χ4v) is 1.99. The van der Waals surface area contributed by atoms with Crippen molar-refractivity contribution >= 4 is 22.4 Å². The topological polar surface area (TPSA) is 35.0 Å². The van der Waals surface area contributed by atoms with E-state index < -0.39 is 0 Å². The number of benzene rings is 1. The summed E-state index contributed by atoms with van der Waals surface area (Å²) in [6.45, 7) is 4.17. The molecule has 0 bridgehead atoms. The average Bonchev–Trinajstić information content (AvgIpc) is 2.34. The van der Waals surface area contributed by atoms with Crippen molar-refractivity contribution in [3.8, 4) is 5.88 Å². The Kier molecular flexibility index (Phi) is 3.79. The summed E-state index contributed by atoms with van der Waals surface area (Å²) < 4.78 is 5.79. The number of hydrogen-bond acceptors (Lipinski definition) is 3. The average molecular weight is 251 g/mol. The van der Waals surface area contributed by atoms with Crippen LogP contribution in [0, 0.1) is 0 Å². The molecular weight excluding hydrogens is 236 g/mol. The third kappa shape index (κ3) is 2.67. The molecule has 0 aliphatic rings. The van der Waals surface area contributed by atoms with Gasteiger partial charge in [-0.3, -0.25) is 0 Å². The SMILES string of the molecule is CCCC(C)Oc1nnc(Cl)c2ccccc12. The van der Waals surface area contributed by atoms with Gasteiger partial charge in [0.1, 0.15) is 0 Å². The normalized spacial score (nSPS) is 12.6. The van der Waals surface area contributed by atoms with Crippen molar-refractivity contribution in [2.45, 2.75) is 32.8 Å². The Labute approximate surface area is 106 Å². The zero-order valence-electron chi connectivity index (χ0n) is 9.98. The maximum Gasteiger partial charge on any atom is 0.241 e. The minimum Gasteiger partial charge on any atom is -0.473 e. The molecule has 1 heterocycles. The first-order chi connectivity index (χ1) is 8.22. The highest BCUT2D eigenvalue weighted by atomic mass is 35.5. The Morgan fingerprint density at radius 1 is 1.24 bits per heavy atom. The van der Waals surface area contributed by atoms with Crippen LogP contribution >= 0.6 is 11.6 Å². The van der Waals surface area contributed by atoms with Crippen LogP contribution in [0.5, 0.6) is 5.88 Å². The number of hydrogen-bond donors (Lipinski definition) is 0. The predicted octanol–water partition coefficient (Wildman–Crippen LogP) is 3.85. The van der Waals surface area contributed by atoms with Gasteiger partial charge in [-0.15, -0.1) is 10.2 Å². The maximum atomic E-state index is 6.00. The second kappa shape index (κ2) is 5.32. The Morgan fingerprint density at radius 3 is 2.65 bits per heavy atom. The number of ether oxygens (including phenoxy) is 1. The summed E-state index contributed by atoms with van der Waals surface area (Å²) in [5, 5.41) is 10.1. The van der Waals surface area contributed by atoms with Crippen LogP contribution in [0.3, 0.4) is 0 Å². The van der Waals surface area contributed by atoms with E-state index in [9.17, 15) is 0 Å². The summed E-state index contributed by atoms with van der Waals surface area (Å²) in [7, 11) is 0. The lowest BCUT2D eigenvalue weighted by atomic mass is 10.2. The molecule has 1 atom stereocenters. The van der Waals surface area contributed by atoms with Gasteiger partial charge in [-0.2, -0.15) is 0 Å². The van der Waals surface area contributed by atoms with E-state index in [2.05, 4.69) is 17.1 Å². The van der Waals surface area contributed by atoms with Gasteiger partial charge in [-0.25, -0.2) is 0 Å². The fourth-order valence-electron chi connectivity index (χ4n) is 1.79. The Balaban J connectivity index is 2.38. The summed E-state index contributed by atoms with van der Waals surface area (Å²) >= 11 is 6.00. The van der Waals surface area contributed by atoms with Crippen LogP contribution in [-0.4, -0.2) is 16.3 Å². The Bertz CT molecular complexity index is 516. The van der Waals surface area contributed by atoms with Gasteiger partial charge < -0.3 is 4.74 Å². The minimum atomic E-state index is 0.138. The summed E-state index contributed by atoms with van der Waals surface area (Å²) in [5.74, 6) is 0.561. The molecule has 0 spiro atoms. The van der Waals surface area contributed by atoms with E-state index in [0.29, 0.717) is 11.0 Å². The molecule has 17 heavy (non-hydrogen) atoms. The Hall–Kier alpha value is -1.35. The summed E-state index contributed by atoms with van der Waals surface area (Å²) in [5.41, 5.74) is 0. The molecule has 0 fully saturated rings. The van der Waals surface area contributed by atoms with E-state index in [1.807, 2.05) is 31.2 Å². The first kappa shape index (κ1) is 12.1. The molecule has 0 aliphatic heterocycles. The van der Waals surface area contributed by atoms with Crippen molar-refractivity contribution in [1.29, 1.82) is 0 Å². The van der Waals surface area contributed by atoms with E-state index in [0.717, 1.165) is 23.6 Å². The summed E-state index contributed by atoms with van der Waals surface area (Å²) in [4.78, 5) is 0. The van der Waals surface area contributed by atoms with Crippen LogP contribution < -0.4 is 4.74 Å². The molecule has 0 aliphatic carbocycles. The third-order valence-corrected chi connectivity index (χ3v) is 2.90. The molecule has 1 unspecified atom stereocenters. The lowest BCUT2D eigenvalue weighted by molar-refractivity contribution is 0.202. The number of nitrogens with zero attached hydrogens (tertiary/aromatic N) is 2. The second-order valence-corrected chi connectivity index (χ2v) is 4.42. The van der Waals surface area contributed by atoms with Gasteiger partial charge in [0.2, 0.25) is 5.88 Å². The molecule has 4 heteroatoms. The first-order valence-electron chi connectivity index (χ1n) is 5.80. The van der Waals surface area contributed by atoms with Crippen LogP contribution in [0.25, 0.3) is 10.8 Å². The molecule has 0 amide bonds. The molecule has 0 N–H and O–H groups in total. The lowest BCUT2D eigenvalue weighted by Crippen LogP contribution is -2.12. The van der Waals surface area contributed by atoms with Crippen molar-refractivity contribution in [1.82, 2.24) is 10.2 Å². The van der Waals surface area contributed by atoms with Crippen LogP contribution in [0.15, 0.2) is 24.3 Å². The highest BCUT2D eigenvalue weighted by Gasteiger charge is 2.11. The molecule has 3 nitrogen and oxygen atoms in total. The Morgan fingerprint density at radius 2 is 1.94 bits per heavy atom. The first-order valence-corrected chi connectivity index (χ1v) is 6.17. The van der Waals surface area contributed by atoms with Crippen molar-refractivity contribution in [3.05, 3.63) is 29.4 Å². The standard InChI is InChI=1S/C13H15ClN2O/c1-3-6-9(2)17-13-11-8-5-4-7-10(11)12(14)15-16-13/h4-5,7-9H,3,6H2,1-2H3. The summed E-state index contributed by atoms with van der Waals surface area (Å²) in [6, 6.07) is 7.74. The van der Waals surface area contributed by atoms with Crippen LogP contribution in [-0.2, 0) is 0 Å². The highest BCUT2D eigenvalue weighted by Crippen LogP contribution is 2.27. The van der Waals surface area contributed by atoms with Crippen molar-refractivity contribution < 1.29 is 4.74 Å². The summed E-state index contributed by atoms with van der Waals surface area (Å²) in [6.07, 6.45) is 2.22. The zero-order valence-corrected chi connectivity index (χ0v) is 10.7. The van der Waals surface area contributed by atoms with Gasteiger partial charge in [0.25, 0.3) is 0 Å². The highest BCUT2D eigenvalue weighted by molar-refractivity contribution is 6.34. The van der Waals surface area contributed by atoms with Crippen LogP contribution in [0.1, 0.15) is 26.7 Å². The van der Waals surface area contributed by atoms with E-state index in [-0.39, 0.29) is 6.10 Å². The van der Waals surface area contributed by atoms with Gasteiger partial charge in [0, 0.05) is 10.8 Å². The maximum absolute atomic E-state index is 6.00. The minimum absolute atomic E-state index is 0.138. The largest absolute Gasteiger partial charge is 0.473 e. The van der Waals surface area contributed by atoms with Gasteiger partial charge in [-0.1, -0.05) is 43.1 Å². The number of fused-ring (bicyclic) bond motifs is 1. The third-order valence-electron chi connectivity index (χ3n) is 2.62. The smallest absolute Gasteiger partial charge is 0.241 e. The monoisotopic (exact) mass is 250 g/mol. The number of rotatable bonds is 4. The lowest BCUT2D eigenvalue weighted by Gasteiger charge is -2.14. The van der Waals surface area contributed by atoms with E-state index in [4.69, 9.17) is 16.3 Å². The van der Waals surface area contributed by atoms with E-state index in [1.165, 1.54) is 0 Å². The van der Waals surface area contributed by atoms with Crippen LogP contribution in [0.2, 0.25) is 5.15 Å². The molecule has 2 rings (SSSR count).